The van der Waals surface area contributed by atoms with E-state index >= 15 is 0 Å². The molecule has 0 aliphatic heterocycles. The first kappa shape index (κ1) is 11.9. The maximum Gasteiger partial charge on any atom is 0.0518 e. The third-order valence-corrected chi connectivity index (χ3v) is 1.69. The third-order valence-electron chi connectivity index (χ3n) is 1.69. The standard InChI is InChI=1S/C10H22O2/c1-10(2)12-9-7-5-4-6-8-11-3/h10H,4-9H2,1-3H3. The Kier molecular flexibility index (Phi) is 8.95. The molecule has 0 spiro atoms. The maximum atomic E-state index is 5.42. The predicted octanol–water partition coefficient (Wildman–Crippen LogP) is 2.62. The topological polar surface area (TPSA) is 18.5 Å². The van der Waals surface area contributed by atoms with E-state index in [4.69, 9.17) is 9.47 Å². The second-order valence-corrected chi connectivity index (χ2v) is 3.33. The Balaban J connectivity index is 2.82. The lowest BCUT2D eigenvalue weighted by Gasteiger charge is -2.06. The first-order chi connectivity index (χ1) is 5.77. The zero-order chi connectivity index (χ0) is 9.23. The van der Waals surface area contributed by atoms with Crippen molar-refractivity contribution >= 4 is 0 Å². The van der Waals surface area contributed by atoms with Gasteiger partial charge in [0, 0.05) is 20.3 Å². The minimum absolute atomic E-state index is 0.379. The predicted molar refractivity (Wildman–Crippen MR) is 51.4 cm³/mol. The van der Waals surface area contributed by atoms with Gasteiger partial charge in [0.2, 0.25) is 0 Å². The third kappa shape index (κ3) is 9.92. The molecule has 0 amide bonds. The van der Waals surface area contributed by atoms with Crippen LogP contribution in [0, 0.1) is 0 Å². The van der Waals surface area contributed by atoms with Crippen LogP contribution in [0.4, 0.5) is 0 Å². The first-order valence-electron chi connectivity index (χ1n) is 4.88. The first-order valence-corrected chi connectivity index (χ1v) is 4.88. The molecule has 74 valence electrons. The van der Waals surface area contributed by atoms with E-state index in [2.05, 4.69) is 13.8 Å². The Labute approximate surface area is 76.3 Å². The van der Waals surface area contributed by atoms with E-state index in [0.717, 1.165) is 13.2 Å². The van der Waals surface area contributed by atoms with Crippen LogP contribution in [-0.4, -0.2) is 26.4 Å². The molecule has 0 saturated carbocycles. The van der Waals surface area contributed by atoms with Gasteiger partial charge in [-0.25, -0.2) is 0 Å². The van der Waals surface area contributed by atoms with Crippen LogP contribution in [0.1, 0.15) is 39.5 Å². The fraction of sp³-hybridized carbons (Fsp3) is 1.00. The molecule has 0 aliphatic rings. The lowest BCUT2D eigenvalue weighted by atomic mass is 10.2. The molecular weight excluding hydrogens is 152 g/mol. The van der Waals surface area contributed by atoms with Gasteiger partial charge in [0.25, 0.3) is 0 Å². The lowest BCUT2D eigenvalue weighted by Crippen LogP contribution is -2.03. The van der Waals surface area contributed by atoms with Gasteiger partial charge < -0.3 is 9.47 Å². The molecule has 0 saturated heterocycles. The normalized spacial score (nSPS) is 11.0. The van der Waals surface area contributed by atoms with E-state index in [0.29, 0.717) is 6.10 Å². The summed E-state index contributed by atoms with van der Waals surface area (Å²) in [4.78, 5) is 0. The van der Waals surface area contributed by atoms with E-state index in [1.807, 2.05) is 0 Å². The Bertz CT molecular complexity index is 81.9. The Morgan fingerprint density at radius 3 is 2.00 bits per heavy atom. The summed E-state index contributed by atoms with van der Waals surface area (Å²) >= 11 is 0. The van der Waals surface area contributed by atoms with Crippen molar-refractivity contribution in [2.45, 2.75) is 45.6 Å². The summed E-state index contributed by atoms with van der Waals surface area (Å²) in [7, 11) is 1.75. The molecule has 2 heteroatoms. The highest BCUT2D eigenvalue weighted by atomic mass is 16.5. The van der Waals surface area contributed by atoms with Crippen molar-refractivity contribution in [2.75, 3.05) is 20.3 Å². The van der Waals surface area contributed by atoms with Gasteiger partial charge in [-0.1, -0.05) is 12.8 Å². The van der Waals surface area contributed by atoms with Crippen LogP contribution in [0.2, 0.25) is 0 Å². The van der Waals surface area contributed by atoms with Gasteiger partial charge in [-0.15, -0.1) is 0 Å². The van der Waals surface area contributed by atoms with Crippen LogP contribution >= 0.6 is 0 Å². The van der Waals surface area contributed by atoms with Gasteiger partial charge in [0.1, 0.15) is 0 Å². The molecule has 2 nitrogen and oxygen atoms in total. The molecule has 0 aromatic rings. The summed E-state index contributed by atoms with van der Waals surface area (Å²) in [5.74, 6) is 0. The molecular formula is C10H22O2. The Hall–Kier alpha value is -0.0800. The SMILES string of the molecule is COCCCCCCOC(C)C. The fourth-order valence-corrected chi connectivity index (χ4v) is 1.02. The molecule has 0 aliphatic carbocycles. The molecule has 0 aromatic carbocycles. The monoisotopic (exact) mass is 174 g/mol. The zero-order valence-electron chi connectivity index (χ0n) is 8.64. The van der Waals surface area contributed by atoms with Gasteiger partial charge in [-0.05, 0) is 26.7 Å². The molecule has 0 radical (unpaired) electrons. The minimum Gasteiger partial charge on any atom is -0.385 e. The van der Waals surface area contributed by atoms with Gasteiger partial charge in [0.15, 0.2) is 0 Å². The van der Waals surface area contributed by atoms with Gasteiger partial charge >= 0.3 is 0 Å². The molecule has 0 fully saturated rings. The average molecular weight is 174 g/mol. The number of methoxy groups -OCH3 is 1. The number of hydrogen-bond donors (Lipinski definition) is 0. The maximum absolute atomic E-state index is 5.42. The van der Waals surface area contributed by atoms with E-state index in [1.54, 1.807) is 7.11 Å². The molecule has 0 heterocycles. The molecule has 12 heavy (non-hydrogen) atoms. The molecule has 0 rings (SSSR count). The molecule has 0 bridgehead atoms. The average Bonchev–Trinajstić information content (AvgIpc) is 2.02. The lowest BCUT2D eigenvalue weighted by molar-refractivity contribution is 0.0753. The van der Waals surface area contributed by atoms with Crippen LogP contribution in [0.15, 0.2) is 0 Å². The number of unbranched alkanes of at least 4 members (excludes halogenated alkanes) is 3. The highest BCUT2D eigenvalue weighted by molar-refractivity contribution is 4.43. The van der Waals surface area contributed by atoms with Crippen LogP contribution in [-0.2, 0) is 9.47 Å². The Morgan fingerprint density at radius 2 is 1.50 bits per heavy atom. The summed E-state index contributed by atoms with van der Waals surface area (Å²) in [6.07, 6.45) is 5.26. The van der Waals surface area contributed by atoms with Crippen molar-refractivity contribution in [3.63, 3.8) is 0 Å². The van der Waals surface area contributed by atoms with E-state index < -0.39 is 0 Å². The second kappa shape index (κ2) is 9.01. The molecule has 0 aromatic heterocycles. The van der Waals surface area contributed by atoms with Gasteiger partial charge in [0.05, 0.1) is 6.10 Å². The van der Waals surface area contributed by atoms with E-state index in [1.165, 1.54) is 25.7 Å². The number of ether oxygens (including phenoxy) is 2. The van der Waals surface area contributed by atoms with Crippen molar-refractivity contribution in [1.29, 1.82) is 0 Å². The Morgan fingerprint density at radius 1 is 0.917 bits per heavy atom. The summed E-state index contributed by atoms with van der Waals surface area (Å²) in [5.41, 5.74) is 0. The molecule has 0 N–H and O–H groups in total. The number of rotatable bonds is 8. The van der Waals surface area contributed by atoms with Crippen LogP contribution in [0.5, 0.6) is 0 Å². The van der Waals surface area contributed by atoms with E-state index in [-0.39, 0.29) is 0 Å². The second-order valence-electron chi connectivity index (χ2n) is 3.33. The van der Waals surface area contributed by atoms with Crippen LogP contribution in [0.25, 0.3) is 0 Å². The van der Waals surface area contributed by atoms with Crippen molar-refractivity contribution < 1.29 is 9.47 Å². The van der Waals surface area contributed by atoms with Crippen LogP contribution < -0.4 is 0 Å². The van der Waals surface area contributed by atoms with Gasteiger partial charge in [-0.2, -0.15) is 0 Å². The highest BCUT2D eigenvalue weighted by Gasteiger charge is 1.93. The highest BCUT2D eigenvalue weighted by Crippen LogP contribution is 2.01. The van der Waals surface area contributed by atoms with Gasteiger partial charge in [-0.3, -0.25) is 0 Å². The van der Waals surface area contributed by atoms with Crippen LogP contribution in [0.3, 0.4) is 0 Å². The summed E-state index contributed by atoms with van der Waals surface area (Å²) in [6, 6.07) is 0. The van der Waals surface area contributed by atoms with Crippen molar-refractivity contribution in [3.05, 3.63) is 0 Å². The number of hydrogen-bond acceptors (Lipinski definition) is 2. The van der Waals surface area contributed by atoms with Crippen molar-refractivity contribution in [2.24, 2.45) is 0 Å². The minimum atomic E-state index is 0.379. The largest absolute Gasteiger partial charge is 0.385 e. The smallest absolute Gasteiger partial charge is 0.0518 e. The zero-order valence-corrected chi connectivity index (χ0v) is 8.64. The quantitative estimate of drug-likeness (QED) is 0.527. The summed E-state index contributed by atoms with van der Waals surface area (Å²) < 4.78 is 10.4. The molecule has 0 unspecified atom stereocenters. The van der Waals surface area contributed by atoms with E-state index in [9.17, 15) is 0 Å². The van der Waals surface area contributed by atoms with Crippen molar-refractivity contribution in [1.82, 2.24) is 0 Å². The summed E-state index contributed by atoms with van der Waals surface area (Å²) in [6.45, 7) is 5.95. The summed E-state index contributed by atoms with van der Waals surface area (Å²) in [5, 5.41) is 0. The fourth-order valence-electron chi connectivity index (χ4n) is 1.02. The molecule has 0 atom stereocenters. The van der Waals surface area contributed by atoms with Crippen molar-refractivity contribution in [3.8, 4) is 0 Å².